The number of nitrogens with one attached hydrogen (secondary N) is 5. The number of fused-ring (bicyclic) bond motifs is 2. The molecule has 20 nitrogen and oxygen atoms in total. The fraction of sp³-hybridized carbons (Fsp3) is 0.429. The van der Waals surface area contributed by atoms with E-state index in [4.69, 9.17) is 19.9 Å². The summed E-state index contributed by atoms with van der Waals surface area (Å²) in [6.45, 7) is 2.10. The van der Waals surface area contributed by atoms with Gasteiger partial charge in [-0.3, -0.25) is 34.1 Å². The molecular formula is C42H52N8O12. The van der Waals surface area contributed by atoms with Crippen molar-refractivity contribution in [2.75, 3.05) is 31.6 Å². The number of para-hydroxylation sites is 1. The predicted octanol–water partition coefficient (Wildman–Crippen LogP) is 1.04. The number of rotatable bonds is 22. The fourth-order valence-corrected chi connectivity index (χ4v) is 6.97. The van der Waals surface area contributed by atoms with Gasteiger partial charge < -0.3 is 56.7 Å². The minimum absolute atomic E-state index is 0.0608. The summed E-state index contributed by atoms with van der Waals surface area (Å²) in [6, 6.07) is 17.6. The van der Waals surface area contributed by atoms with Crippen molar-refractivity contribution in [1.29, 1.82) is 0 Å². The Hall–Kier alpha value is -6.32. The van der Waals surface area contributed by atoms with Crippen molar-refractivity contribution >= 4 is 62.7 Å². The molecule has 4 aromatic rings. The fourth-order valence-electron chi connectivity index (χ4n) is 6.97. The van der Waals surface area contributed by atoms with Crippen LogP contribution in [0, 0.1) is 10.1 Å². The molecule has 3 aromatic carbocycles. The second-order valence-corrected chi connectivity index (χ2v) is 14.7. The van der Waals surface area contributed by atoms with Gasteiger partial charge in [-0.2, -0.15) is 0 Å². The molecule has 1 aliphatic heterocycles. The Balaban J connectivity index is 1.05. The summed E-state index contributed by atoms with van der Waals surface area (Å²) in [7, 11) is 0. The molecule has 0 bridgehead atoms. The van der Waals surface area contributed by atoms with Gasteiger partial charge in [-0.15, -0.1) is 0 Å². The van der Waals surface area contributed by atoms with Gasteiger partial charge in [-0.05, 0) is 43.9 Å². The minimum Gasteiger partial charge on any atom is -0.394 e. The molecule has 332 valence electrons. The maximum Gasteiger partial charge on any atom is 0.280 e. The van der Waals surface area contributed by atoms with Gasteiger partial charge >= 0.3 is 0 Å². The van der Waals surface area contributed by atoms with Gasteiger partial charge in [0.1, 0.15) is 48.4 Å². The van der Waals surface area contributed by atoms with Gasteiger partial charge in [0.15, 0.2) is 6.29 Å². The third kappa shape index (κ3) is 12.6. The smallest absolute Gasteiger partial charge is 0.280 e. The Morgan fingerprint density at radius 3 is 2.35 bits per heavy atom. The first kappa shape index (κ1) is 46.7. The van der Waals surface area contributed by atoms with Crippen LogP contribution in [-0.2, 0) is 44.8 Å². The number of primary amides is 1. The van der Waals surface area contributed by atoms with Crippen LogP contribution in [0.2, 0.25) is 0 Å². The van der Waals surface area contributed by atoms with E-state index in [-0.39, 0.29) is 31.0 Å². The SMILES string of the molecule is CC(=O)NC1C(OCc2ccccc2)OC(CO)C(O)C1OCC(=O)N[C@@H](C)C(=O)N[C@H](CCC(=O)NCCCCNc1c2ccccc2nc2cccc([N+](=O)[O-])c12)C(N)=O. The molecule has 1 fully saturated rings. The van der Waals surface area contributed by atoms with Crippen molar-refractivity contribution in [3.63, 3.8) is 0 Å². The molecular weight excluding hydrogens is 809 g/mol. The van der Waals surface area contributed by atoms with E-state index in [9.17, 15) is 44.3 Å². The highest BCUT2D eigenvalue weighted by Crippen LogP contribution is 2.36. The van der Waals surface area contributed by atoms with Crippen LogP contribution in [0.4, 0.5) is 11.4 Å². The van der Waals surface area contributed by atoms with E-state index in [0.29, 0.717) is 48.0 Å². The van der Waals surface area contributed by atoms with Crippen molar-refractivity contribution in [3.8, 4) is 0 Å². The van der Waals surface area contributed by atoms with Gasteiger partial charge in [0, 0.05) is 37.9 Å². The Kier molecular flexibility index (Phi) is 17.0. The number of non-ortho nitro benzene ring substituents is 1. The monoisotopic (exact) mass is 860 g/mol. The molecule has 5 amide bonds. The highest BCUT2D eigenvalue weighted by atomic mass is 16.7. The number of carbonyl (C=O) groups is 5. The number of hydrogen-bond donors (Lipinski definition) is 8. The summed E-state index contributed by atoms with van der Waals surface area (Å²) in [5.74, 6) is -3.34. The highest BCUT2D eigenvalue weighted by molar-refractivity contribution is 6.11. The van der Waals surface area contributed by atoms with Gasteiger partial charge in [-0.25, -0.2) is 4.98 Å². The third-order valence-corrected chi connectivity index (χ3v) is 10.1. The van der Waals surface area contributed by atoms with Crippen LogP contribution in [0.3, 0.4) is 0 Å². The lowest BCUT2D eigenvalue weighted by atomic mass is 9.96. The number of ether oxygens (including phenoxy) is 3. The van der Waals surface area contributed by atoms with Gasteiger partial charge in [0.25, 0.3) is 5.69 Å². The second-order valence-electron chi connectivity index (χ2n) is 14.7. The molecule has 2 heterocycles. The Bertz CT molecular complexity index is 2210. The van der Waals surface area contributed by atoms with Crippen molar-refractivity contribution in [2.45, 2.75) is 88.9 Å². The summed E-state index contributed by atoms with van der Waals surface area (Å²) in [5.41, 5.74) is 8.03. The lowest BCUT2D eigenvalue weighted by Gasteiger charge is -2.44. The number of aromatic nitrogens is 1. The molecule has 7 atom stereocenters. The largest absolute Gasteiger partial charge is 0.394 e. The molecule has 62 heavy (non-hydrogen) atoms. The standard InChI is InChI=1S/C42H52N8O12/c1-24(46-34(54)23-60-39-37(47-25(2)52)42(62-32(21-51)38(39)55)61-22-26-11-4-3-5-12-26)41(57)49-30(40(43)56)17-18-33(53)44-19-8-9-20-45-36-27-13-6-7-14-28(27)48-29-15-10-16-31(35(29)36)50(58)59/h3-7,10-16,24,30,32,37-39,42,51,55H,8-9,17-23H2,1-2H3,(H2,43,56)(H,44,53)(H,45,48)(H,46,54)(H,47,52)(H,49,57)/t24-,30+,32?,37?,38?,39?,42?/m0/s1. The lowest BCUT2D eigenvalue weighted by molar-refractivity contribution is -0.383. The quantitative estimate of drug-likeness (QED) is 0.0237. The van der Waals surface area contributed by atoms with E-state index in [1.807, 2.05) is 54.6 Å². The number of pyridine rings is 1. The molecule has 1 saturated heterocycles. The van der Waals surface area contributed by atoms with Gasteiger partial charge in [0.05, 0.1) is 34.9 Å². The van der Waals surface area contributed by atoms with Crippen LogP contribution >= 0.6 is 0 Å². The Morgan fingerprint density at radius 1 is 0.935 bits per heavy atom. The number of aliphatic hydroxyl groups excluding tert-OH is 2. The number of unbranched alkanes of at least 4 members (excludes halogenated alkanes) is 1. The zero-order valence-electron chi connectivity index (χ0n) is 34.3. The molecule has 0 saturated carbocycles. The van der Waals surface area contributed by atoms with E-state index < -0.39 is 84.5 Å². The number of anilines is 1. The van der Waals surface area contributed by atoms with Crippen molar-refractivity contribution in [2.24, 2.45) is 5.73 Å². The van der Waals surface area contributed by atoms with Crippen molar-refractivity contribution in [3.05, 3.63) is 88.5 Å². The molecule has 5 rings (SSSR count). The van der Waals surface area contributed by atoms with Crippen LogP contribution in [0.25, 0.3) is 21.8 Å². The predicted molar refractivity (Wildman–Crippen MR) is 225 cm³/mol. The molecule has 5 unspecified atom stereocenters. The van der Waals surface area contributed by atoms with E-state index in [1.165, 1.54) is 19.9 Å². The summed E-state index contributed by atoms with van der Waals surface area (Å²) in [5, 5.41) is 47.4. The van der Waals surface area contributed by atoms with Crippen molar-refractivity contribution < 1.29 is 53.3 Å². The van der Waals surface area contributed by atoms with Crippen LogP contribution in [-0.4, -0.2) is 119 Å². The number of nitro groups is 1. The molecule has 0 radical (unpaired) electrons. The summed E-state index contributed by atoms with van der Waals surface area (Å²) >= 11 is 0. The number of benzene rings is 3. The number of hydrogen-bond acceptors (Lipinski definition) is 14. The molecule has 0 aliphatic carbocycles. The highest BCUT2D eigenvalue weighted by Gasteiger charge is 2.47. The average Bonchev–Trinajstić information content (AvgIpc) is 3.25. The van der Waals surface area contributed by atoms with Crippen molar-refractivity contribution in [1.82, 2.24) is 26.3 Å². The lowest BCUT2D eigenvalue weighted by Crippen LogP contribution is -2.65. The molecule has 0 spiro atoms. The zero-order valence-corrected chi connectivity index (χ0v) is 34.3. The number of nitro benzene ring substituents is 1. The number of nitrogens with two attached hydrogens (primary N) is 1. The average molecular weight is 861 g/mol. The van der Waals surface area contributed by atoms with E-state index in [1.54, 1.807) is 12.1 Å². The van der Waals surface area contributed by atoms with Crippen LogP contribution < -0.4 is 32.3 Å². The molecule has 9 N–H and O–H groups in total. The first-order valence-corrected chi connectivity index (χ1v) is 20.1. The van der Waals surface area contributed by atoms with E-state index >= 15 is 0 Å². The molecule has 20 heteroatoms. The second kappa shape index (κ2) is 22.5. The number of nitrogens with zero attached hydrogens (tertiary/aromatic N) is 2. The molecule has 1 aromatic heterocycles. The summed E-state index contributed by atoms with van der Waals surface area (Å²) in [6.07, 6.45) is -4.22. The van der Waals surface area contributed by atoms with E-state index in [0.717, 1.165) is 10.9 Å². The first-order valence-electron chi connectivity index (χ1n) is 20.1. The third-order valence-electron chi connectivity index (χ3n) is 10.1. The maximum absolute atomic E-state index is 13.0. The zero-order chi connectivity index (χ0) is 44.8. The first-order chi connectivity index (χ1) is 29.8. The number of aliphatic hydroxyl groups is 2. The Labute approximate surface area is 356 Å². The van der Waals surface area contributed by atoms with Crippen LogP contribution in [0.15, 0.2) is 72.8 Å². The summed E-state index contributed by atoms with van der Waals surface area (Å²) < 4.78 is 17.4. The number of amides is 5. The molecule has 1 aliphatic rings. The number of carbonyl (C=O) groups excluding carboxylic acids is 5. The maximum atomic E-state index is 13.0. The van der Waals surface area contributed by atoms with Gasteiger partial charge in [0.2, 0.25) is 29.5 Å². The van der Waals surface area contributed by atoms with Crippen LogP contribution in [0.5, 0.6) is 0 Å². The van der Waals surface area contributed by atoms with Crippen LogP contribution in [0.1, 0.15) is 45.1 Å². The van der Waals surface area contributed by atoms with Gasteiger partial charge in [-0.1, -0.05) is 54.6 Å². The summed E-state index contributed by atoms with van der Waals surface area (Å²) in [4.78, 5) is 78.9. The topological polar surface area (TPSA) is 296 Å². The Morgan fingerprint density at radius 2 is 1.65 bits per heavy atom. The van der Waals surface area contributed by atoms with E-state index in [2.05, 4.69) is 31.6 Å². The normalized spacial score (nSPS) is 19.5. The minimum atomic E-state index is -1.49.